The van der Waals surface area contributed by atoms with E-state index in [9.17, 15) is 4.79 Å². The van der Waals surface area contributed by atoms with Crippen LogP contribution in [-0.4, -0.2) is 35.6 Å². The van der Waals surface area contributed by atoms with E-state index < -0.39 is 0 Å². The van der Waals surface area contributed by atoms with E-state index in [4.69, 9.17) is 0 Å². The summed E-state index contributed by atoms with van der Waals surface area (Å²) in [5.41, 5.74) is 0. The van der Waals surface area contributed by atoms with E-state index >= 15 is 0 Å². The molecular formula is C9H17N2O. The molecule has 1 heterocycles. The van der Waals surface area contributed by atoms with Crippen molar-refractivity contribution in [3.05, 3.63) is 6.92 Å². The number of hydrazine groups is 1. The highest BCUT2D eigenvalue weighted by molar-refractivity contribution is 5.72. The molecule has 0 spiro atoms. The Morgan fingerprint density at radius 3 is 2.42 bits per heavy atom. The third-order valence-electron chi connectivity index (χ3n) is 2.25. The van der Waals surface area contributed by atoms with Crippen LogP contribution < -0.4 is 0 Å². The summed E-state index contributed by atoms with van der Waals surface area (Å²) in [6.07, 6.45) is 3.69. The van der Waals surface area contributed by atoms with Gasteiger partial charge in [0.1, 0.15) is 0 Å². The predicted octanol–water partition coefficient (Wildman–Crippen LogP) is 1.07. The van der Waals surface area contributed by atoms with Crippen LogP contribution in [0.25, 0.3) is 0 Å². The Kier molecular flexibility index (Phi) is 3.53. The van der Waals surface area contributed by atoms with Gasteiger partial charge in [0.2, 0.25) is 5.91 Å². The zero-order valence-electron chi connectivity index (χ0n) is 7.75. The molecule has 69 valence electrons. The van der Waals surface area contributed by atoms with E-state index in [-0.39, 0.29) is 5.91 Å². The second-order valence-corrected chi connectivity index (χ2v) is 3.16. The number of carbonyl (C=O) groups is 1. The first-order chi connectivity index (χ1) is 5.75. The third kappa shape index (κ3) is 2.21. The highest BCUT2D eigenvalue weighted by atomic mass is 16.2. The molecule has 0 aromatic carbocycles. The molecule has 0 N–H and O–H groups in total. The van der Waals surface area contributed by atoms with Gasteiger partial charge in [-0.05, 0) is 19.8 Å². The maximum Gasteiger partial charge on any atom is 0.233 e. The SMILES string of the molecule is [CH2]CN(C(C)=O)N1CCCCC1. The first-order valence-electron chi connectivity index (χ1n) is 4.58. The van der Waals surface area contributed by atoms with Crippen LogP contribution in [0.1, 0.15) is 26.2 Å². The van der Waals surface area contributed by atoms with E-state index in [2.05, 4.69) is 11.9 Å². The molecule has 1 saturated heterocycles. The summed E-state index contributed by atoms with van der Waals surface area (Å²) in [6, 6.07) is 0. The quantitative estimate of drug-likeness (QED) is 0.617. The van der Waals surface area contributed by atoms with Crippen molar-refractivity contribution in [3.8, 4) is 0 Å². The molecule has 0 aliphatic carbocycles. The molecule has 1 rings (SSSR count). The topological polar surface area (TPSA) is 23.6 Å². The summed E-state index contributed by atoms with van der Waals surface area (Å²) < 4.78 is 0. The lowest BCUT2D eigenvalue weighted by atomic mass is 10.2. The second-order valence-electron chi connectivity index (χ2n) is 3.16. The van der Waals surface area contributed by atoms with Crippen molar-refractivity contribution < 1.29 is 4.79 Å². The van der Waals surface area contributed by atoms with Gasteiger partial charge in [0.05, 0.1) is 0 Å². The van der Waals surface area contributed by atoms with Gasteiger partial charge in [-0.3, -0.25) is 9.80 Å². The Hall–Kier alpha value is -0.570. The molecule has 1 aliphatic rings. The molecule has 3 heteroatoms. The van der Waals surface area contributed by atoms with Gasteiger partial charge in [0.15, 0.2) is 0 Å². The fourth-order valence-electron chi connectivity index (χ4n) is 1.62. The minimum atomic E-state index is 0.104. The molecule has 0 aromatic rings. The fraction of sp³-hybridized carbons (Fsp3) is 0.778. The number of hydrogen-bond acceptors (Lipinski definition) is 2. The Morgan fingerprint density at radius 2 is 2.00 bits per heavy atom. The van der Waals surface area contributed by atoms with Crippen LogP contribution in [0.2, 0.25) is 0 Å². The van der Waals surface area contributed by atoms with Crippen LogP contribution in [0.5, 0.6) is 0 Å². The number of carbonyl (C=O) groups excluding carboxylic acids is 1. The maximum absolute atomic E-state index is 11.1. The average molecular weight is 169 g/mol. The standard InChI is InChI=1S/C9H17N2O/c1-3-11(9(2)12)10-7-5-4-6-8-10/h1,3-8H2,2H3. The summed E-state index contributed by atoms with van der Waals surface area (Å²) in [5, 5.41) is 3.85. The minimum absolute atomic E-state index is 0.104. The van der Waals surface area contributed by atoms with Crippen LogP contribution in [-0.2, 0) is 4.79 Å². The van der Waals surface area contributed by atoms with Crippen LogP contribution in [0, 0.1) is 6.92 Å². The normalized spacial score (nSPS) is 19.2. The van der Waals surface area contributed by atoms with Gasteiger partial charge in [-0.1, -0.05) is 6.42 Å². The molecular weight excluding hydrogens is 152 g/mol. The lowest BCUT2D eigenvalue weighted by molar-refractivity contribution is -0.146. The van der Waals surface area contributed by atoms with E-state index in [1.54, 1.807) is 11.9 Å². The maximum atomic E-state index is 11.1. The van der Waals surface area contributed by atoms with Crippen molar-refractivity contribution in [3.63, 3.8) is 0 Å². The lowest BCUT2D eigenvalue weighted by Crippen LogP contribution is -2.47. The van der Waals surface area contributed by atoms with Gasteiger partial charge >= 0.3 is 0 Å². The molecule has 1 aliphatic heterocycles. The third-order valence-corrected chi connectivity index (χ3v) is 2.25. The van der Waals surface area contributed by atoms with Crippen LogP contribution in [0.15, 0.2) is 0 Å². The Bertz CT molecular complexity index is 153. The van der Waals surface area contributed by atoms with Gasteiger partial charge < -0.3 is 0 Å². The molecule has 1 fully saturated rings. The van der Waals surface area contributed by atoms with Gasteiger partial charge in [0, 0.05) is 26.6 Å². The van der Waals surface area contributed by atoms with Gasteiger partial charge in [-0.25, -0.2) is 5.01 Å². The van der Waals surface area contributed by atoms with Crippen molar-refractivity contribution in [2.45, 2.75) is 26.2 Å². The molecule has 0 atom stereocenters. The van der Waals surface area contributed by atoms with Gasteiger partial charge in [-0.2, -0.15) is 0 Å². The van der Waals surface area contributed by atoms with Crippen molar-refractivity contribution in [1.82, 2.24) is 10.0 Å². The van der Waals surface area contributed by atoms with Crippen LogP contribution >= 0.6 is 0 Å². The largest absolute Gasteiger partial charge is 0.276 e. The second kappa shape index (κ2) is 4.45. The van der Waals surface area contributed by atoms with Gasteiger partial charge in [0.25, 0.3) is 0 Å². The van der Waals surface area contributed by atoms with E-state index in [0.717, 1.165) is 13.1 Å². The lowest BCUT2D eigenvalue weighted by Gasteiger charge is -2.35. The summed E-state index contributed by atoms with van der Waals surface area (Å²) in [4.78, 5) is 11.1. The number of hydrogen-bond donors (Lipinski definition) is 0. The predicted molar refractivity (Wildman–Crippen MR) is 48.2 cm³/mol. The molecule has 12 heavy (non-hydrogen) atoms. The average Bonchev–Trinajstić information content (AvgIpc) is 2.07. The van der Waals surface area contributed by atoms with Crippen LogP contribution in [0.3, 0.4) is 0 Å². The fourth-order valence-corrected chi connectivity index (χ4v) is 1.62. The van der Waals surface area contributed by atoms with E-state index in [1.807, 2.05) is 0 Å². The Balaban J connectivity index is 2.46. The number of rotatable bonds is 2. The van der Waals surface area contributed by atoms with Crippen molar-refractivity contribution in [1.29, 1.82) is 0 Å². The smallest absolute Gasteiger partial charge is 0.233 e. The molecule has 0 aromatic heterocycles. The Morgan fingerprint density at radius 1 is 1.42 bits per heavy atom. The number of nitrogens with zero attached hydrogens (tertiary/aromatic N) is 2. The summed E-state index contributed by atoms with van der Waals surface area (Å²) in [5.74, 6) is 0.104. The minimum Gasteiger partial charge on any atom is -0.276 e. The van der Waals surface area contributed by atoms with Crippen molar-refractivity contribution in [2.75, 3.05) is 19.6 Å². The molecule has 0 unspecified atom stereocenters. The Labute approximate surface area is 74.3 Å². The van der Waals surface area contributed by atoms with Crippen molar-refractivity contribution >= 4 is 5.91 Å². The highest BCUT2D eigenvalue weighted by Gasteiger charge is 2.18. The summed E-state index contributed by atoms with van der Waals surface area (Å²) >= 11 is 0. The first-order valence-corrected chi connectivity index (χ1v) is 4.58. The molecule has 3 nitrogen and oxygen atoms in total. The summed E-state index contributed by atoms with van der Waals surface area (Å²) in [6.45, 7) is 7.91. The molecule has 0 saturated carbocycles. The monoisotopic (exact) mass is 169 g/mol. The first kappa shape index (κ1) is 9.52. The molecule has 0 bridgehead atoms. The zero-order valence-corrected chi connectivity index (χ0v) is 7.75. The number of piperidine rings is 1. The van der Waals surface area contributed by atoms with E-state index in [1.165, 1.54) is 19.3 Å². The molecule has 1 radical (unpaired) electrons. The summed E-state index contributed by atoms with van der Waals surface area (Å²) in [7, 11) is 0. The van der Waals surface area contributed by atoms with E-state index in [0.29, 0.717) is 6.54 Å². The van der Waals surface area contributed by atoms with Crippen molar-refractivity contribution in [2.24, 2.45) is 0 Å². The highest BCUT2D eigenvalue weighted by Crippen LogP contribution is 2.11. The zero-order chi connectivity index (χ0) is 8.97. The number of amides is 1. The van der Waals surface area contributed by atoms with Gasteiger partial charge in [-0.15, -0.1) is 0 Å². The van der Waals surface area contributed by atoms with Crippen LogP contribution in [0.4, 0.5) is 0 Å². The molecule has 1 amide bonds.